The number of hydrogen-bond donors (Lipinski definition) is 1. The first-order valence-electron chi connectivity index (χ1n) is 7.53. The zero-order valence-electron chi connectivity index (χ0n) is 12.6. The highest BCUT2D eigenvalue weighted by molar-refractivity contribution is 9.10. The van der Waals surface area contributed by atoms with Crippen LogP contribution in [0.4, 0.5) is 0 Å². The van der Waals surface area contributed by atoms with Crippen molar-refractivity contribution in [3.05, 3.63) is 58.1 Å². The highest BCUT2D eigenvalue weighted by Crippen LogP contribution is 2.36. The van der Waals surface area contributed by atoms with Gasteiger partial charge in [0.1, 0.15) is 6.61 Å². The molecule has 0 unspecified atom stereocenters. The molecule has 0 aliphatic heterocycles. The predicted octanol–water partition coefficient (Wildman–Crippen LogP) is 4.29. The van der Waals surface area contributed by atoms with Gasteiger partial charge in [0.15, 0.2) is 11.5 Å². The Hall–Kier alpha value is -1.52. The predicted molar refractivity (Wildman–Crippen MR) is 91.3 cm³/mol. The molecule has 0 bridgehead atoms. The average molecular weight is 362 g/mol. The van der Waals surface area contributed by atoms with Crippen molar-refractivity contribution in [3.63, 3.8) is 0 Å². The first-order valence-corrected chi connectivity index (χ1v) is 8.32. The second-order valence-corrected chi connectivity index (χ2v) is 6.44. The Balaban J connectivity index is 1.79. The molecular weight excluding hydrogens is 342 g/mol. The van der Waals surface area contributed by atoms with E-state index in [0.717, 1.165) is 33.6 Å². The summed E-state index contributed by atoms with van der Waals surface area (Å²) in [6, 6.07) is 14.9. The minimum absolute atomic E-state index is 0.537. The Kier molecular flexibility index (Phi) is 5.01. The molecule has 0 radical (unpaired) electrons. The number of nitrogens with one attached hydrogen (secondary N) is 1. The third-order valence-electron chi connectivity index (χ3n) is 3.70. The molecule has 22 heavy (non-hydrogen) atoms. The maximum absolute atomic E-state index is 6.07. The van der Waals surface area contributed by atoms with Crippen molar-refractivity contribution in [2.75, 3.05) is 7.11 Å². The fraction of sp³-hybridized carbons (Fsp3) is 0.333. The van der Waals surface area contributed by atoms with E-state index < -0.39 is 0 Å². The number of benzene rings is 2. The molecule has 116 valence electrons. The minimum atomic E-state index is 0.537. The maximum Gasteiger partial charge on any atom is 0.166 e. The molecule has 0 atom stereocenters. The lowest BCUT2D eigenvalue weighted by atomic mass is 10.1. The number of ether oxygens (including phenoxy) is 2. The van der Waals surface area contributed by atoms with E-state index in [1.807, 2.05) is 24.3 Å². The maximum atomic E-state index is 6.07. The molecule has 4 heteroatoms. The topological polar surface area (TPSA) is 30.5 Å². The molecule has 1 aliphatic rings. The summed E-state index contributed by atoms with van der Waals surface area (Å²) >= 11 is 3.54. The van der Waals surface area contributed by atoms with Crippen molar-refractivity contribution < 1.29 is 9.47 Å². The fourth-order valence-electron chi connectivity index (χ4n) is 2.34. The van der Waals surface area contributed by atoms with Crippen LogP contribution in [0.5, 0.6) is 11.5 Å². The summed E-state index contributed by atoms with van der Waals surface area (Å²) in [5.74, 6) is 1.58. The smallest absolute Gasteiger partial charge is 0.166 e. The molecule has 2 aromatic carbocycles. The second-order valence-electron chi connectivity index (χ2n) is 5.53. The van der Waals surface area contributed by atoms with Gasteiger partial charge in [-0.15, -0.1) is 0 Å². The third kappa shape index (κ3) is 4.02. The average Bonchev–Trinajstić information content (AvgIpc) is 3.36. The molecule has 1 N–H and O–H groups in total. The lowest BCUT2D eigenvalue weighted by molar-refractivity contribution is 0.280. The van der Waals surface area contributed by atoms with Crippen LogP contribution in [0.3, 0.4) is 0 Å². The standard InChI is InChI=1S/C18H20BrNO2/c1-21-17-10-15(19)9-14(11-20-16-7-8-16)18(17)22-12-13-5-3-2-4-6-13/h2-6,9-10,16,20H,7-8,11-12H2,1H3. The van der Waals surface area contributed by atoms with Crippen molar-refractivity contribution >= 4 is 15.9 Å². The molecule has 0 spiro atoms. The number of methoxy groups -OCH3 is 1. The van der Waals surface area contributed by atoms with Gasteiger partial charge in [-0.25, -0.2) is 0 Å². The molecule has 0 heterocycles. The monoisotopic (exact) mass is 361 g/mol. The first kappa shape index (κ1) is 15.4. The molecule has 0 amide bonds. The first-order chi connectivity index (χ1) is 10.8. The molecule has 1 saturated carbocycles. The van der Waals surface area contributed by atoms with Gasteiger partial charge in [0, 0.05) is 22.6 Å². The Morgan fingerprint density at radius 2 is 1.95 bits per heavy atom. The Morgan fingerprint density at radius 3 is 2.64 bits per heavy atom. The van der Waals surface area contributed by atoms with E-state index in [0.29, 0.717) is 12.6 Å². The molecule has 1 fully saturated rings. The Labute approximate surface area is 139 Å². The van der Waals surface area contributed by atoms with E-state index in [2.05, 4.69) is 39.4 Å². The van der Waals surface area contributed by atoms with Crippen LogP contribution in [0.15, 0.2) is 46.9 Å². The summed E-state index contributed by atoms with van der Waals surface area (Å²) in [5, 5.41) is 3.53. The van der Waals surface area contributed by atoms with Gasteiger partial charge in [0.25, 0.3) is 0 Å². The van der Waals surface area contributed by atoms with Crippen LogP contribution >= 0.6 is 15.9 Å². The van der Waals surface area contributed by atoms with E-state index >= 15 is 0 Å². The van der Waals surface area contributed by atoms with E-state index in [9.17, 15) is 0 Å². The molecule has 1 aliphatic carbocycles. The van der Waals surface area contributed by atoms with Crippen molar-refractivity contribution in [2.24, 2.45) is 0 Å². The molecule has 3 rings (SSSR count). The van der Waals surface area contributed by atoms with Gasteiger partial charge in [0.05, 0.1) is 7.11 Å². The van der Waals surface area contributed by atoms with Crippen molar-refractivity contribution in [2.45, 2.75) is 32.0 Å². The fourth-order valence-corrected chi connectivity index (χ4v) is 2.83. The van der Waals surface area contributed by atoms with E-state index in [-0.39, 0.29) is 0 Å². The minimum Gasteiger partial charge on any atom is -0.493 e. The zero-order valence-corrected chi connectivity index (χ0v) is 14.2. The number of rotatable bonds is 7. The number of halogens is 1. The highest BCUT2D eigenvalue weighted by atomic mass is 79.9. The second kappa shape index (κ2) is 7.16. The quantitative estimate of drug-likeness (QED) is 0.797. The number of hydrogen-bond acceptors (Lipinski definition) is 3. The third-order valence-corrected chi connectivity index (χ3v) is 4.16. The van der Waals surface area contributed by atoms with Crippen LogP contribution in [0.1, 0.15) is 24.0 Å². The summed E-state index contributed by atoms with van der Waals surface area (Å²) in [6.45, 7) is 1.33. The van der Waals surface area contributed by atoms with Crippen LogP contribution in [0.25, 0.3) is 0 Å². The van der Waals surface area contributed by atoms with Crippen LogP contribution in [-0.4, -0.2) is 13.2 Å². The van der Waals surface area contributed by atoms with Crippen LogP contribution < -0.4 is 14.8 Å². The van der Waals surface area contributed by atoms with E-state index in [1.165, 1.54) is 12.8 Å². The summed E-state index contributed by atoms with van der Waals surface area (Å²) in [6.07, 6.45) is 2.54. The molecule has 0 aromatic heterocycles. The molecule has 0 saturated heterocycles. The summed E-state index contributed by atoms with van der Waals surface area (Å²) in [7, 11) is 1.68. The summed E-state index contributed by atoms with van der Waals surface area (Å²) in [5.41, 5.74) is 2.27. The zero-order chi connectivity index (χ0) is 15.4. The van der Waals surface area contributed by atoms with E-state index in [1.54, 1.807) is 7.11 Å². The van der Waals surface area contributed by atoms with Crippen LogP contribution in [0, 0.1) is 0 Å². The Bertz CT molecular complexity index is 626. The van der Waals surface area contributed by atoms with Gasteiger partial charge >= 0.3 is 0 Å². The van der Waals surface area contributed by atoms with Crippen LogP contribution in [0.2, 0.25) is 0 Å². The van der Waals surface area contributed by atoms with Gasteiger partial charge in [0.2, 0.25) is 0 Å². The normalized spacial score (nSPS) is 13.9. The highest BCUT2D eigenvalue weighted by Gasteiger charge is 2.21. The van der Waals surface area contributed by atoms with Crippen molar-refractivity contribution in [1.82, 2.24) is 5.32 Å². The lowest BCUT2D eigenvalue weighted by Gasteiger charge is -2.16. The van der Waals surface area contributed by atoms with Gasteiger partial charge < -0.3 is 14.8 Å². The van der Waals surface area contributed by atoms with Crippen molar-refractivity contribution in [3.8, 4) is 11.5 Å². The van der Waals surface area contributed by atoms with Crippen LogP contribution in [-0.2, 0) is 13.2 Å². The van der Waals surface area contributed by atoms with Gasteiger partial charge in [-0.3, -0.25) is 0 Å². The van der Waals surface area contributed by atoms with Crippen molar-refractivity contribution in [1.29, 1.82) is 0 Å². The summed E-state index contributed by atoms with van der Waals surface area (Å²) in [4.78, 5) is 0. The molecular formula is C18H20BrNO2. The Morgan fingerprint density at radius 1 is 1.18 bits per heavy atom. The molecule has 2 aromatic rings. The van der Waals surface area contributed by atoms with Gasteiger partial charge in [-0.1, -0.05) is 46.3 Å². The lowest BCUT2D eigenvalue weighted by Crippen LogP contribution is -2.16. The van der Waals surface area contributed by atoms with E-state index in [4.69, 9.17) is 9.47 Å². The van der Waals surface area contributed by atoms with Gasteiger partial charge in [-0.05, 0) is 30.5 Å². The van der Waals surface area contributed by atoms with Gasteiger partial charge in [-0.2, -0.15) is 0 Å². The SMILES string of the molecule is COc1cc(Br)cc(CNC2CC2)c1OCc1ccccc1. The largest absolute Gasteiger partial charge is 0.493 e. The molecule has 3 nitrogen and oxygen atoms in total. The summed E-state index contributed by atoms with van der Waals surface area (Å²) < 4.78 is 12.6.